The molecule has 1 atom stereocenters. The summed E-state index contributed by atoms with van der Waals surface area (Å²) in [6.45, 7) is 5.22. The van der Waals surface area contributed by atoms with E-state index in [9.17, 15) is 4.79 Å². The quantitative estimate of drug-likeness (QED) is 0.684. The highest BCUT2D eigenvalue weighted by molar-refractivity contribution is 5.76. The van der Waals surface area contributed by atoms with Crippen LogP contribution in [-0.4, -0.2) is 48.8 Å². The molecule has 1 heterocycles. The first-order valence-electron chi connectivity index (χ1n) is 8.59. The van der Waals surface area contributed by atoms with Gasteiger partial charge in [-0.2, -0.15) is 0 Å². The average molecular weight is 320 g/mol. The van der Waals surface area contributed by atoms with Gasteiger partial charge in [0.05, 0.1) is 6.61 Å². The molecule has 23 heavy (non-hydrogen) atoms. The number of carbonyl (C=O) groups is 1. The molecule has 2 rings (SSSR count). The Morgan fingerprint density at radius 3 is 2.87 bits per heavy atom. The van der Waals surface area contributed by atoms with Crippen LogP contribution in [0.1, 0.15) is 44.2 Å². The van der Waals surface area contributed by atoms with Gasteiger partial charge in [0.2, 0.25) is 5.91 Å². The summed E-state index contributed by atoms with van der Waals surface area (Å²) < 4.78 is 5.79. The molecule has 0 saturated carbocycles. The van der Waals surface area contributed by atoms with Gasteiger partial charge in [-0.3, -0.25) is 9.69 Å². The Morgan fingerprint density at radius 1 is 1.39 bits per heavy atom. The lowest BCUT2D eigenvalue weighted by atomic mass is 10.0. The van der Waals surface area contributed by atoms with Gasteiger partial charge in [0.25, 0.3) is 0 Å². The third-order valence-corrected chi connectivity index (χ3v) is 4.27. The molecule has 1 unspecified atom stereocenters. The SMILES string of the molecule is CCC(c1cccc(OCCCNC(=O)CO)c1)N1CCCC1. The van der Waals surface area contributed by atoms with E-state index >= 15 is 0 Å². The van der Waals surface area contributed by atoms with Gasteiger partial charge in [0.15, 0.2) is 0 Å². The van der Waals surface area contributed by atoms with Crippen LogP contribution >= 0.6 is 0 Å². The maximum absolute atomic E-state index is 10.9. The van der Waals surface area contributed by atoms with E-state index in [1.807, 2.05) is 6.07 Å². The number of benzene rings is 1. The first-order chi connectivity index (χ1) is 11.2. The van der Waals surface area contributed by atoms with Crippen LogP contribution in [0.4, 0.5) is 0 Å². The van der Waals surface area contributed by atoms with Crippen LogP contribution in [0.25, 0.3) is 0 Å². The van der Waals surface area contributed by atoms with Crippen molar-refractivity contribution < 1.29 is 14.6 Å². The number of carbonyl (C=O) groups excluding carboxylic acids is 1. The fraction of sp³-hybridized carbons (Fsp3) is 0.611. The molecule has 1 fully saturated rings. The molecule has 0 radical (unpaired) electrons. The van der Waals surface area contributed by atoms with Gasteiger partial charge in [-0.1, -0.05) is 19.1 Å². The van der Waals surface area contributed by atoms with E-state index in [0.29, 0.717) is 19.2 Å². The molecule has 1 aliphatic rings. The van der Waals surface area contributed by atoms with E-state index in [1.165, 1.54) is 31.5 Å². The minimum atomic E-state index is -0.461. The number of aliphatic hydroxyl groups is 1. The average Bonchev–Trinajstić information content (AvgIpc) is 3.09. The van der Waals surface area contributed by atoms with Crippen molar-refractivity contribution in [3.05, 3.63) is 29.8 Å². The van der Waals surface area contributed by atoms with Crippen molar-refractivity contribution in [3.63, 3.8) is 0 Å². The number of rotatable bonds is 9. The van der Waals surface area contributed by atoms with Gasteiger partial charge < -0.3 is 15.2 Å². The van der Waals surface area contributed by atoms with Crippen molar-refractivity contribution in [1.82, 2.24) is 10.2 Å². The van der Waals surface area contributed by atoms with Crippen molar-refractivity contribution >= 4 is 5.91 Å². The molecule has 5 heteroatoms. The largest absolute Gasteiger partial charge is 0.494 e. The summed E-state index contributed by atoms with van der Waals surface area (Å²) in [5.41, 5.74) is 1.32. The maximum atomic E-state index is 10.9. The fourth-order valence-corrected chi connectivity index (χ4v) is 3.12. The molecule has 0 spiro atoms. The summed E-state index contributed by atoms with van der Waals surface area (Å²) in [4.78, 5) is 13.5. The van der Waals surface area contributed by atoms with E-state index < -0.39 is 6.61 Å². The summed E-state index contributed by atoms with van der Waals surface area (Å²) in [6.07, 6.45) is 4.43. The van der Waals surface area contributed by atoms with Crippen LogP contribution in [0.5, 0.6) is 5.75 Å². The Kier molecular flexibility index (Phi) is 7.36. The minimum absolute atomic E-state index is 0.344. The monoisotopic (exact) mass is 320 g/mol. The van der Waals surface area contributed by atoms with Crippen LogP contribution in [0.15, 0.2) is 24.3 Å². The molecule has 1 aromatic carbocycles. The second kappa shape index (κ2) is 9.53. The molecule has 0 bridgehead atoms. The Hall–Kier alpha value is -1.59. The normalized spacial score (nSPS) is 16.3. The van der Waals surface area contributed by atoms with Crippen LogP contribution < -0.4 is 10.1 Å². The highest BCUT2D eigenvalue weighted by Crippen LogP contribution is 2.29. The Bertz CT molecular complexity index is 487. The summed E-state index contributed by atoms with van der Waals surface area (Å²) in [6, 6.07) is 8.83. The predicted octanol–water partition coefficient (Wildman–Crippen LogP) is 2.11. The van der Waals surface area contributed by atoms with Crippen LogP contribution in [0.2, 0.25) is 0 Å². The second-order valence-corrected chi connectivity index (χ2v) is 5.95. The number of hydrogen-bond donors (Lipinski definition) is 2. The predicted molar refractivity (Wildman–Crippen MR) is 90.5 cm³/mol. The Labute approximate surface area is 138 Å². The van der Waals surface area contributed by atoms with Crippen molar-refractivity contribution in [2.75, 3.05) is 32.8 Å². The number of nitrogens with zero attached hydrogens (tertiary/aromatic N) is 1. The third kappa shape index (κ3) is 5.52. The fourth-order valence-electron chi connectivity index (χ4n) is 3.12. The lowest BCUT2D eigenvalue weighted by molar-refractivity contribution is -0.123. The molecule has 5 nitrogen and oxygen atoms in total. The van der Waals surface area contributed by atoms with Crippen molar-refractivity contribution in [3.8, 4) is 5.75 Å². The van der Waals surface area contributed by atoms with E-state index in [0.717, 1.165) is 18.6 Å². The molecule has 2 N–H and O–H groups in total. The number of hydrogen-bond acceptors (Lipinski definition) is 4. The van der Waals surface area contributed by atoms with Crippen molar-refractivity contribution in [2.24, 2.45) is 0 Å². The van der Waals surface area contributed by atoms with Crippen molar-refractivity contribution in [2.45, 2.75) is 38.6 Å². The smallest absolute Gasteiger partial charge is 0.245 e. The number of aliphatic hydroxyl groups excluding tert-OH is 1. The third-order valence-electron chi connectivity index (χ3n) is 4.27. The minimum Gasteiger partial charge on any atom is -0.494 e. The number of likely N-dealkylation sites (tertiary alicyclic amines) is 1. The van der Waals surface area contributed by atoms with Gasteiger partial charge in [-0.25, -0.2) is 0 Å². The molecular weight excluding hydrogens is 292 g/mol. The van der Waals surface area contributed by atoms with Crippen LogP contribution in [0, 0.1) is 0 Å². The molecule has 1 aliphatic heterocycles. The molecule has 1 saturated heterocycles. The second-order valence-electron chi connectivity index (χ2n) is 5.95. The van der Waals surface area contributed by atoms with E-state index in [1.54, 1.807) is 0 Å². The van der Waals surface area contributed by atoms with E-state index in [2.05, 4.69) is 35.3 Å². The molecule has 1 aromatic rings. The van der Waals surface area contributed by atoms with Crippen molar-refractivity contribution in [1.29, 1.82) is 0 Å². The maximum Gasteiger partial charge on any atom is 0.245 e. The lowest BCUT2D eigenvalue weighted by Gasteiger charge is -2.27. The van der Waals surface area contributed by atoms with Gasteiger partial charge in [0.1, 0.15) is 12.4 Å². The molecule has 128 valence electrons. The van der Waals surface area contributed by atoms with Gasteiger partial charge in [0, 0.05) is 12.6 Å². The summed E-state index contributed by atoms with van der Waals surface area (Å²) in [7, 11) is 0. The van der Waals surface area contributed by atoms with Gasteiger partial charge in [-0.15, -0.1) is 0 Å². The number of ether oxygens (including phenoxy) is 1. The standard InChI is InChI=1S/C18H28N2O3/c1-2-17(20-10-3-4-11-20)15-7-5-8-16(13-15)23-12-6-9-19-18(22)14-21/h5,7-8,13,17,21H,2-4,6,9-12,14H2,1H3,(H,19,22). The first-order valence-corrected chi connectivity index (χ1v) is 8.59. The highest BCUT2D eigenvalue weighted by Gasteiger charge is 2.22. The highest BCUT2D eigenvalue weighted by atomic mass is 16.5. The summed E-state index contributed by atoms with van der Waals surface area (Å²) >= 11 is 0. The van der Waals surface area contributed by atoms with Crippen LogP contribution in [0.3, 0.4) is 0 Å². The van der Waals surface area contributed by atoms with E-state index in [-0.39, 0.29) is 5.91 Å². The number of nitrogens with one attached hydrogen (secondary N) is 1. The molecule has 1 amide bonds. The van der Waals surface area contributed by atoms with Gasteiger partial charge in [-0.05, 0) is 56.5 Å². The van der Waals surface area contributed by atoms with Gasteiger partial charge >= 0.3 is 0 Å². The first kappa shape index (κ1) is 17.8. The topological polar surface area (TPSA) is 61.8 Å². The zero-order valence-corrected chi connectivity index (χ0v) is 14.0. The molecule has 0 aromatic heterocycles. The Balaban J connectivity index is 1.82. The summed E-state index contributed by atoms with van der Waals surface area (Å²) in [5, 5.41) is 11.2. The van der Waals surface area contributed by atoms with Crippen LogP contribution in [-0.2, 0) is 4.79 Å². The summed E-state index contributed by atoms with van der Waals surface area (Å²) in [5.74, 6) is 0.539. The lowest BCUT2D eigenvalue weighted by Crippen LogP contribution is -2.28. The molecular formula is C18H28N2O3. The zero-order valence-electron chi connectivity index (χ0n) is 14.0. The zero-order chi connectivity index (χ0) is 16.5. The van der Waals surface area contributed by atoms with E-state index in [4.69, 9.17) is 9.84 Å². The molecule has 0 aliphatic carbocycles. The number of amides is 1. The Morgan fingerprint density at radius 2 is 2.17 bits per heavy atom.